The normalized spacial score (nSPS) is 10.5. The Morgan fingerprint density at radius 3 is 2.71 bits per heavy atom. The highest BCUT2D eigenvalue weighted by Gasteiger charge is 2.16. The summed E-state index contributed by atoms with van der Waals surface area (Å²) in [6.07, 6.45) is 0. The second kappa shape index (κ2) is 3.85. The van der Waals surface area contributed by atoms with Crippen LogP contribution in [0.15, 0.2) is 18.2 Å². The molecule has 2 rings (SSSR count). The van der Waals surface area contributed by atoms with E-state index in [-0.39, 0.29) is 17.1 Å². The first-order valence-electron chi connectivity index (χ1n) is 4.75. The van der Waals surface area contributed by atoms with Gasteiger partial charge < -0.3 is 5.73 Å². The van der Waals surface area contributed by atoms with Crippen molar-refractivity contribution in [3.8, 4) is 11.3 Å². The van der Waals surface area contributed by atoms with Crippen molar-refractivity contribution < 1.29 is 9.31 Å². The lowest BCUT2D eigenvalue weighted by molar-refractivity contribution is -0.385. The molecule has 0 aliphatic heterocycles. The van der Waals surface area contributed by atoms with Crippen LogP contribution in [0.4, 0.5) is 15.9 Å². The van der Waals surface area contributed by atoms with Crippen LogP contribution in [0.2, 0.25) is 0 Å². The van der Waals surface area contributed by atoms with E-state index >= 15 is 0 Å². The molecule has 0 amide bonds. The highest BCUT2D eigenvalue weighted by molar-refractivity contribution is 5.69. The molecule has 17 heavy (non-hydrogen) atoms. The number of nitrogens with zero attached hydrogens (tertiary/aromatic N) is 2. The summed E-state index contributed by atoms with van der Waals surface area (Å²) in [7, 11) is 0. The summed E-state index contributed by atoms with van der Waals surface area (Å²) in [5.41, 5.74) is 6.48. The maximum absolute atomic E-state index is 13.7. The van der Waals surface area contributed by atoms with Gasteiger partial charge in [0.25, 0.3) is 5.69 Å². The number of hydrogen-bond donors (Lipinski definition) is 2. The minimum Gasteiger partial charge on any atom is -0.382 e. The molecule has 0 radical (unpaired) electrons. The molecule has 1 aromatic heterocycles. The number of nitrogens with two attached hydrogens (primary N) is 1. The number of nitro groups is 1. The number of nitrogen functional groups attached to an aromatic ring is 1. The van der Waals surface area contributed by atoms with Crippen molar-refractivity contribution in [3.05, 3.63) is 39.7 Å². The van der Waals surface area contributed by atoms with Crippen LogP contribution in [0.5, 0.6) is 0 Å². The van der Waals surface area contributed by atoms with E-state index in [0.717, 1.165) is 6.07 Å². The van der Waals surface area contributed by atoms with Crippen LogP contribution in [0.25, 0.3) is 11.3 Å². The fraction of sp³-hybridized carbons (Fsp3) is 0.100. The smallest absolute Gasteiger partial charge is 0.272 e. The van der Waals surface area contributed by atoms with Gasteiger partial charge >= 0.3 is 0 Å². The SMILES string of the molecule is Cc1c(N)n[nH]c1-c1ccc([N+](=O)[O-])cc1F. The Morgan fingerprint density at radius 2 is 2.24 bits per heavy atom. The van der Waals surface area contributed by atoms with E-state index in [9.17, 15) is 14.5 Å². The van der Waals surface area contributed by atoms with Gasteiger partial charge in [-0.15, -0.1) is 0 Å². The van der Waals surface area contributed by atoms with E-state index in [1.165, 1.54) is 12.1 Å². The monoisotopic (exact) mass is 236 g/mol. The van der Waals surface area contributed by atoms with Gasteiger partial charge in [-0.1, -0.05) is 0 Å². The van der Waals surface area contributed by atoms with E-state index in [1.807, 2.05) is 0 Å². The van der Waals surface area contributed by atoms with Crippen LogP contribution in [-0.4, -0.2) is 15.1 Å². The van der Waals surface area contributed by atoms with Crippen molar-refractivity contribution in [3.63, 3.8) is 0 Å². The fourth-order valence-electron chi connectivity index (χ4n) is 1.49. The summed E-state index contributed by atoms with van der Waals surface area (Å²) in [5, 5.41) is 16.8. The minimum absolute atomic E-state index is 0.206. The van der Waals surface area contributed by atoms with Gasteiger partial charge in [-0.2, -0.15) is 5.10 Å². The number of hydrogen-bond acceptors (Lipinski definition) is 4. The van der Waals surface area contributed by atoms with Crippen molar-refractivity contribution in [2.75, 3.05) is 5.73 Å². The number of aromatic amines is 1. The number of nitro benzene ring substituents is 1. The lowest BCUT2D eigenvalue weighted by Gasteiger charge is -2.01. The third kappa shape index (κ3) is 1.82. The van der Waals surface area contributed by atoms with Crippen LogP contribution in [-0.2, 0) is 0 Å². The number of halogens is 1. The van der Waals surface area contributed by atoms with E-state index in [0.29, 0.717) is 11.3 Å². The van der Waals surface area contributed by atoms with Gasteiger partial charge in [0.2, 0.25) is 0 Å². The average Bonchev–Trinajstić information content (AvgIpc) is 2.60. The number of non-ortho nitro benzene ring substituents is 1. The van der Waals surface area contributed by atoms with Crippen molar-refractivity contribution in [1.29, 1.82) is 0 Å². The Kier molecular flexibility index (Phi) is 2.51. The van der Waals surface area contributed by atoms with Gasteiger partial charge in [0.05, 0.1) is 16.7 Å². The third-order valence-electron chi connectivity index (χ3n) is 2.48. The maximum Gasteiger partial charge on any atom is 0.272 e. The summed E-state index contributed by atoms with van der Waals surface area (Å²) < 4.78 is 13.7. The van der Waals surface area contributed by atoms with Gasteiger partial charge in [-0.25, -0.2) is 4.39 Å². The second-order valence-electron chi connectivity index (χ2n) is 3.53. The van der Waals surface area contributed by atoms with Gasteiger partial charge in [0.15, 0.2) is 0 Å². The zero-order valence-electron chi connectivity index (χ0n) is 8.90. The van der Waals surface area contributed by atoms with Gasteiger partial charge in [0, 0.05) is 17.2 Å². The molecule has 0 aliphatic rings. The zero-order valence-corrected chi connectivity index (χ0v) is 8.90. The molecule has 0 saturated carbocycles. The molecule has 0 fully saturated rings. The molecular weight excluding hydrogens is 227 g/mol. The van der Waals surface area contributed by atoms with Crippen LogP contribution in [0, 0.1) is 22.9 Å². The lowest BCUT2D eigenvalue weighted by Crippen LogP contribution is -1.92. The van der Waals surface area contributed by atoms with Crippen LogP contribution in [0.1, 0.15) is 5.56 Å². The molecule has 3 N–H and O–H groups in total. The van der Waals surface area contributed by atoms with Gasteiger partial charge in [-0.05, 0) is 13.0 Å². The first-order valence-corrected chi connectivity index (χ1v) is 4.75. The van der Waals surface area contributed by atoms with Gasteiger partial charge in [-0.3, -0.25) is 15.2 Å². The molecule has 0 saturated heterocycles. The van der Waals surface area contributed by atoms with Crippen LogP contribution >= 0.6 is 0 Å². The number of aromatic nitrogens is 2. The lowest BCUT2D eigenvalue weighted by atomic mass is 10.1. The predicted octanol–water partition coefficient (Wildman–Crippen LogP) is 2.01. The number of H-pyrrole nitrogens is 1. The maximum atomic E-state index is 13.7. The number of benzene rings is 1. The summed E-state index contributed by atoms with van der Waals surface area (Å²) in [4.78, 5) is 9.82. The molecule has 88 valence electrons. The van der Waals surface area contributed by atoms with Crippen molar-refractivity contribution in [2.45, 2.75) is 6.92 Å². The Labute approximate surface area is 95.4 Å². The molecule has 0 atom stereocenters. The summed E-state index contributed by atoms with van der Waals surface area (Å²) in [6.45, 7) is 1.69. The molecule has 0 bridgehead atoms. The molecule has 2 aromatic rings. The largest absolute Gasteiger partial charge is 0.382 e. The number of nitrogens with one attached hydrogen (secondary N) is 1. The molecule has 0 aliphatic carbocycles. The van der Waals surface area contributed by atoms with Crippen LogP contribution in [0.3, 0.4) is 0 Å². The van der Waals surface area contributed by atoms with Crippen LogP contribution < -0.4 is 5.73 Å². The number of anilines is 1. The van der Waals surface area contributed by atoms with E-state index < -0.39 is 10.7 Å². The summed E-state index contributed by atoms with van der Waals surface area (Å²) in [6, 6.07) is 3.42. The topological polar surface area (TPSA) is 97.8 Å². The van der Waals surface area contributed by atoms with Crippen molar-refractivity contribution in [1.82, 2.24) is 10.2 Å². The Hall–Kier alpha value is -2.44. The van der Waals surface area contributed by atoms with Crippen molar-refractivity contribution in [2.24, 2.45) is 0 Å². The van der Waals surface area contributed by atoms with E-state index in [4.69, 9.17) is 5.73 Å². The van der Waals surface area contributed by atoms with Crippen molar-refractivity contribution >= 4 is 11.5 Å². The van der Waals surface area contributed by atoms with Gasteiger partial charge in [0.1, 0.15) is 11.6 Å². The molecule has 0 spiro atoms. The van der Waals surface area contributed by atoms with E-state index in [2.05, 4.69) is 10.2 Å². The summed E-state index contributed by atoms with van der Waals surface area (Å²) >= 11 is 0. The van der Waals surface area contributed by atoms with E-state index in [1.54, 1.807) is 6.92 Å². The Balaban J connectivity index is 2.54. The molecule has 7 heteroatoms. The average molecular weight is 236 g/mol. The molecular formula is C10H9FN4O2. The fourth-order valence-corrected chi connectivity index (χ4v) is 1.49. The molecule has 6 nitrogen and oxygen atoms in total. The molecule has 1 heterocycles. The number of rotatable bonds is 2. The Bertz CT molecular complexity index is 594. The Morgan fingerprint density at radius 1 is 1.53 bits per heavy atom. The predicted molar refractivity (Wildman–Crippen MR) is 59.8 cm³/mol. The standard InChI is InChI=1S/C10H9FN4O2/c1-5-9(13-14-10(5)12)7-3-2-6(15(16)17)4-8(7)11/h2-4H,1H3,(H3,12,13,14). The summed E-state index contributed by atoms with van der Waals surface area (Å²) in [5.74, 6) is -0.413. The molecule has 0 unspecified atom stereocenters. The zero-order chi connectivity index (χ0) is 12.6. The first kappa shape index (κ1) is 11.1. The minimum atomic E-state index is -0.689. The first-order chi connectivity index (χ1) is 8.00. The highest BCUT2D eigenvalue weighted by Crippen LogP contribution is 2.28. The second-order valence-corrected chi connectivity index (χ2v) is 3.53. The molecule has 1 aromatic carbocycles. The highest BCUT2D eigenvalue weighted by atomic mass is 19.1. The third-order valence-corrected chi connectivity index (χ3v) is 2.48. The quantitative estimate of drug-likeness (QED) is 0.615.